The highest BCUT2D eigenvalue weighted by Gasteiger charge is 2.17. The van der Waals surface area contributed by atoms with Crippen LogP contribution in [0.3, 0.4) is 0 Å². The Labute approximate surface area is 169 Å². The SMILES string of the molecule is Cc1ccc(-c2ccsc2C(=O)OCC(=O)Nc2ccc(C(C)C)cc2)cc1. The van der Waals surface area contributed by atoms with E-state index in [1.165, 1.54) is 16.9 Å². The number of carbonyl (C=O) groups excluding carboxylic acids is 2. The fourth-order valence-electron chi connectivity index (χ4n) is 2.77. The van der Waals surface area contributed by atoms with Gasteiger partial charge in [0.05, 0.1) is 0 Å². The Morgan fingerprint density at radius 1 is 1.00 bits per heavy atom. The molecule has 4 nitrogen and oxygen atoms in total. The summed E-state index contributed by atoms with van der Waals surface area (Å²) in [5.41, 5.74) is 4.81. The molecular formula is C23H23NO3S. The van der Waals surface area contributed by atoms with Crippen LogP contribution in [-0.4, -0.2) is 18.5 Å². The number of esters is 1. The first-order valence-electron chi connectivity index (χ1n) is 9.15. The van der Waals surface area contributed by atoms with Crippen LogP contribution in [-0.2, 0) is 9.53 Å². The molecule has 0 aliphatic rings. The minimum atomic E-state index is -0.490. The Morgan fingerprint density at radius 3 is 2.32 bits per heavy atom. The van der Waals surface area contributed by atoms with Gasteiger partial charge in [0, 0.05) is 11.3 Å². The lowest BCUT2D eigenvalue weighted by Crippen LogP contribution is -2.20. The lowest BCUT2D eigenvalue weighted by molar-refractivity contribution is -0.119. The minimum absolute atomic E-state index is 0.323. The van der Waals surface area contributed by atoms with Crippen LogP contribution >= 0.6 is 11.3 Å². The summed E-state index contributed by atoms with van der Waals surface area (Å²) in [4.78, 5) is 25.1. The zero-order chi connectivity index (χ0) is 20.1. The highest BCUT2D eigenvalue weighted by molar-refractivity contribution is 7.12. The molecule has 0 bridgehead atoms. The number of nitrogens with one attached hydrogen (secondary N) is 1. The monoisotopic (exact) mass is 393 g/mol. The molecule has 5 heteroatoms. The maximum Gasteiger partial charge on any atom is 0.349 e. The summed E-state index contributed by atoms with van der Waals surface area (Å²) in [6.07, 6.45) is 0. The molecule has 28 heavy (non-hydrogen) atoms. The molecule has 2 aromatic carbocycles. The molecule has 144 valence electrons. The molecule has 0 aliphatic heterocycles. The number of hydrogen-bond donors (Lipinski definition) is 1. The van der Waals surface area contributed by atoms with Gasteiger partial charge in [0.15, 0.2) is 6.61 Å². The number of thiophene rings is 1. The van der Waals surface area contributed by atoms with Gasteiger partial charge in [-0.2, -0.15) is 0 Å². The second kappa shape index (κ2) is 8.85. The normalized spacial score (nSPS) is 10.7. The number of hydrogen-bond acceptors (Lipinski definition) is 4. The largest absolute Gasteiger partial charge is 0.451 e. The highest BCUT2D eigenvalue weighted by atomic mass is 32.1. The summed E-state index contributed by atoms with van der Waals surface area (Å²) in [7, 11) is 0. The maximum atomic E-state index is 12.5. The van der Waals surface area contributed by atoms with Crippen molar-refractivity contribution in [3.8, 4) is 11.1 Å². The molecule has 1 amide bonds. The van der Waals surface area contributed by atoms with Crippen molar-refractivity contribution in [2.45, 2.75) is 26.7 Å². The fraction of sp³-hybridized carbons (Fsp3) is 0.217. The first kappa shape index (κ1) is 19.8. The van der Waals surface area contributed by atoms with Gasteiger partial charge in [0.1, 0.15) is 4.88 Å². The van der Waals surface area contributed by atoms with Gasteiger partial charge in [0.25, 0.3) is 5.91 Å². The standard InChI is InChI=1S/C23H23NO3S/c1-15(2)17-8-10-19(11-9-17)24-21(25)14-27-23(26)22-20(12-13-28-22)18-6-4-16(3)5-7-18/h4-13,15H,14H2,1-3H3,(H,24,25). The smallest absolute Gasteiger partial charge is 0.349 e. The number of amides is 1. The van der Waals surface area contributed by atoms with E-state index in [-0.39, 0.29) is 12.5 Å². The fourth-order valence-corrected chi connectivity index (χ4v) is 3.58. The second-order valence-electron chi connectivity index (χ2n) is 6.93. The van der Waals surface area contributed by atoms with E-state index in [4.69, 9.17) is 4.74 Å². The first-order valence-corrected chi connectivity index (χ1v) is 10.0. The number of rotatable bonds is 6. The van der Waals surface area contributed by atoms with Crippen molar-refractivity contribution in [2.24, 2.45) is 0 Å². The zero-order valence-electron chi connectivity index (χ0n) is 16.2. The van der Waals surface area contributed by atoms with E-state index in [9.17, 15) is 9.59 Å². The van der Waals surface area contributed by atoms with Crippen LogP contribution in [0.25, 0.3) is 11.1 Å². The van der Waals surface area contributed by atoms with E-state index in [0.717, 1.165) is 16.7 Å². The summed E-state index contributed by atoms with van der Waals surface area (Å²) in [6.45, 7) is 5.92. The molecule has 0 aliphatic carbocycles. The molecule has 0 saturated carbocycles. The highest BCUT2D eigenvalue weighted by Crippen LogP contribution is 2.29. The van der Waals surface area contributed by atoms with Crippen molar-refractivity contribution in [1.29, 1.82) is 0 Å². The minimum Gasteiger partial charge on any atom is -0.451 e. The molecule has 0 fully saturated rings. The van der Waals surface area contributed by atoms with Crippen molar-refractivity contribution in [1.82, 2.24) is 0 Å². The third-order valence-corrected chi connectivity index (χ3v) is 5.30. The van der Waals surface area contributed by atoms with Gasteiger partial charge in [-0.1, -0.05) is 55.8 Å². The maximum absolute atomic E-state index is 12.5. The predicted molar refractivity (Wildman–Crippen MR) is 114 cm³/mol. The molecule has 0 unspecified atom stereocenters. The number of benzene rings is 2. The van der Waals surface area contributed by atoms with E-state index in [1.807, 2.05) is 66.9 Å². The predicted octanol–water partition coefficient (Wildman–Crippen LogP) is 5.64. The molecule has 0 saturated heterocycles. The number of aryl methyl sites for hydroxylation is 1. The number of ether oxygens (including phenoxy) is 1. The third kappa shape index (κ3) is 4.87. The van der Waals surface area contributed by atoms with Gasteiger partial charge < -0.3 is 10.1 Å². The molecule has 0 atom stereocenters. The summed E-state index contributed by atoms with van der Waals surface area (Å²) >= 11 is 1.31. The first-order chi connectivity index (χ1) is 13.4. The van der Waals surface area contributed by atoms with Crippen LogP contribution in [0.5, 0.6) is 0 Å². The van der Waals surface area contributed by atoms with Gasteiger partial charge in [-0.05, 0) is 47.5 Å². The molecule has 0 radical (unpaired) electrons. The van der Waals surface area contributed by atoms with Crippen LogP contribution in [0.4, 0.5) is 5.69 Å². The van der Waals surface area contributed by atoms with Crippen molar-refractivity contribution in [2.75, 3.05) is 11.9 Å². The molecule has 1 N–H and O–H groups in total. The van der Waals surface area contributed by atoms with Gasteiger partial charge in [-0.15, -0.1) is 11.3 Å². The van der Waals surface area contributed by atoms with Crippen LogP contribution in [0.1, 0.15) is 40.6 Å². The second-order valence-corrected chi connectivity index (χ2v) is 7.85. The van der Waals surface area contributed by atoms with Gasteiger partial charge in [-0.3, -0.25) is 4.79 Å². The van der Waals surface area contributed by atoms with Crippen LogP contribution in [0, 0.1) is 6.92 Å². The number of anilines is 1. The average molecular weight is 394 g/mol. The van der Waals surface area contributed by atoms with Crippen molar-refractivity contribution in [3.63, 3.8) is 0 Å². The van der Waals surface area contributed by atoms with E-state index < -0.39 is 5.97 Å². The summed E-state index contributed by atoms with van der Waals surface area (Å²) in [5, 5.41) is 4.60. The number of carbonyl (C=O) groups is 2. The van der Waals surface area contributed by atoms with E-state index in [0.29, 0.717) is 16.5 Å². The van der Waals surface area contributed by atoms with Crippen LogP contribution in [0.2, 0.25) is 0 Å². The quantitative estimate of drug-likeness (QED) is 0.551. The Morgan fingerprint density at radius 2 is 1.68 bits per heavy atom. The van der Waals surface area contributed by atoms with E-state index in [2.05, 4.69) is 19.2 Å². The summed E-state index contributed by atoms with van der Waals surface area (Å²) in [5.74, 6) is -0.422. The van der Waals surface area contributed by atoms with Gasteiger partial charge in [-0.25, -0.2) is 4.79 Å². The van der Waals surface area contributed by atoms with E-state index >= 15 is 0 Å². The molecule has 3 aromatic rings. The Kier molecular flexibility index (Phi) is 6.26. The molecule has 3 rings (SSSR count). The third-order valence-electron chi connectivity index (χ3n) is 4.41. The molecular weight excluding hydrogens is 370 g/mol. The van der Waals surface area contributed by atoms with Crippen molar-refractivity contribution in [3.05, 3.63) is 76.0 Å². The molecule has 1 aromatic heterocycles. The lowest BCUT2D eigenvalue weighted by atomic mass is 10.0. The van der Waals surface area contributed by atoms with Crippen molar-refractivity contribution >= 4 is 28.9 Å². The average Bonchev–Trinajstić information content (AvgIpc) is 3.17. The van der Waals surface area contributed by atoms with Crippen molar-refractivity contribution < 1.29 is 14.3 Å². The molecule has 1 heterocycles. The summed E-state index contributed by atoms with van der Waals surface area (Å²) < 4.78 is 5.23. The zero-order valence-corrected chi connectivity index (χ0v) is 17.0. The van der Waals surface area contributed by atoms with Gasteiger partial charge in [0.2, 0.25) is 0 Å². The van der Waals surface area contributed by atoms with Gasteiger partial charge >= 0.3 is 5.97 Å². The Hall–Kier alpha value is -2.92. The van der Waals surface area contributed by atoms with E-state index in [1.54, 1.807) is 0 Å². The van der Waals surface area contributed by atoms with Crippen LogP contribution in [0.15, 0.2) is 60.0 Å². The lowest BCUT2D eigenvalue weighted by Gasteiger charge is -2.09. The summed E-state index contributed by atoms with van der Waals surface area (Å²) in [6, 6.07) is 17.5. The Balaban J connectivity index is 1.59. The van der Waals surface area contributed by atoms with Crippen LogP contribution < -0.4 is 5.32 Å². The molecule has 0 spiro atoms. The Bertz CT molecular complexity index is 956. The topological polar surface area (TPSA) is 55.4 Å².